The molecule has 0 fully saturated rings. The lowest BCUT2D eigenvalue weighted by atomic mass is 10.1. The van der Waals surface area contributed by atoms with Crippen LogP contribution in [0.5, 0.6) is 0 Å². The third kappa shape index (κ3) is 15.1. The second-order valence-corrected chi connectivity index (χ2v) is 11.1. The van der Waals surface area contributed by atoms with Crippen LogP contribution in [0.4, 0.5) is 0 Å². The average Bonchev–Trinajstić information content (AvgIpc) is 2.98. The zero-order chi connectivity index (χ0) is 28.7. The Hall–Kier alpha value is -2.76. The molecule has 6 heteroatoms. The van der Waals surface area contributed by atoms with E-state index in [4.69, 9.17) is 0 Å². The molecular formula is C34H56N4O2+2. The second kappa shape index (κ2) is 22.0. The number of unbranched alkanes of at least 4 members (excludes halogenated alkanes) is 13. The third-order valence-electron chi connectivity index (χ3n) is 7.52. The molecular weight excluding hydrogens is 496 g/mol. The van der Waals surface area contributed by atoms with Crippen molar-refractivity contribution in [2.45, 2.75) is 130 Å². The minimum Gasteiger partial charge on any atom is -0.352 e. The molecule has 0 aliphatic heterocycles. The molecule has 2 aromatic rings. The summed E-state index contributed by atoms with van der Waals surface area (Å²) in [5.74, 6) is 0.0556. The molecule has 0 atom stereocenters. The number of nitrogens with one attached hydrogen (secondary N) is 2. The third-order valence-corrected chi connectivity index (χ3v) is 7.52. The Morgan fingerprint density at radius 1 is 0.500 bits per heavy atom. The minimum atomic E-state index is 0.0278. The fraction of sp³-hybridized carbons (Fsp3) is 0.647. The summed E-state index contributed by atoms with van der Waals surface area (Å²) in [6.07, 6.45) is 27.4. The Kier molecular flexibility index (Phi) is 18.4. The Balaban J connectivity index is 1.52. The Morgan fingerprint density at radius 3 is 1.20 bits per heavy atom. The fourth-order valence-corrected chi connectivity index (χ4v) is 4.88. The van der Waals surface area contributed by atoms with Crippen molar-refractivity contribution < 1.29 is 18.7 Å². The van der Waals surface area contributed by atoms with Crippen molar-refractivity contribution in [1.29, 1.82) is 0 Å². The minimum absolute atomic E-state index is 0.0278. The number of carbonyl (C=O) groups excluding carboxylic acids is 2. The van der Waals surface area contributed by atoms with Crippen molar-refractivity contribution >= 4 is 11.8 Å². The predicted octanol–water partition coefficient (Wildman–Crippen LogP) is 6.70. The molecule has 0 radical (unpaired) electrons. The number of hydrogen-bond donors (Lipinski definition) is 2. The van der Waals surface area contributed by atoms with Crippen LogP contribution in [0.3, 0.4) is 0 Å². The van der Waals surface area contributed by atoms with Crippen LogP contribution in [0, 0.1) is 0 Å². The van der Waals surface area contributed by atoms with Crippen molar-refractivity contribution in [2.24, 2.45) is 0 Å². The van der Waals surface area contributed by atoms with Gasteiger partial charge < -0.3 is 10.6 Å². The first-order chi connectivity index (χ1) is 19.6. The van der Waals surface area contributed by atoms with Crippen LogP contribution in [-0.2, 0) is 13.1 Å². The normalized spacial score (nSPS) is 10.9. The number of aryl methyl sites for hydroxylation is 2. The van der Waals surface area contributed by atoms with Gasteiger partial charge >= 0.3 is 0 Å². The zero-order valence-electron chi connectivity index (χ0n) is 25.5. The number of rotatable bonds is 23. The quantitative estimate of drug-likeness (QED) is 0.119. The Morgan fingerprint density at radius 2 is 0.825 bits per heavy atom. The summed E-state index contributed by atoms with van der Waals surface area (Å²) in [6, 6.07) is 7.69. The molecule has 0 spiro atoms. The number of hydrogen-bond acceptors (Lipinski definition) is 2. The summed E-state index contributed by atoms with van der Waals surface area (Å²) in [6.45, 7) is 7.92. The first-order valence-electron chi connectivity index (χ1n) is 16.2. The highest BCUT2D eigenvalue weighted by atomic mass is 16.2. The van der Waals surface area contributed by atoms with Crippen LogP contribution >= 0.6 is 0 Å². The largest absolute Gasteiger partial charge is 0.352 e. The molecule has 2 aromatic heterocycles. The molecule has 0 saturated heterocycles. The van der Waals surface area contributed by atoms with E-state index in [1.54, 1.807) is 0 Å². The van der Waals surface area contributed by atoms with Gasteiger partial charge in [-0.25, -0.2) is 9.13 Å². The monoisotopic (exact) mass is 552 g/mol. The summed E-state index contributed by atoms with van der Waals surface area (Å²) < 4.78 is 4.32. The highest BCUT2D eigenvalue weighted by Gasteiger charge is 2.09. The van der Waals surface area contributed by atoms with E-state index in [2.05, 4.69) is 33.6 Å². The van der Waals surface area contributed by atoms with Gasteiger partial charge in [0.25, 0.3) is 11.8 Å². The van der Waals surface area contributed by atoms with Crippen molar-refractivity contribution in [3.05, 3.63) is 60.2 Å². The maximum absolute atomic E-state index is 12.3. The molecule has 40 heavy (non-hydrogen) atoms. The van der Waals surface area contributed by atoms with Crippen LogP contribution in [0.1, 0.15) is 137 Å². The molecule has 0 aliphatic rings. The van der Waals surface area contributed by atoms with E-state index in [0.29, 0.717) is 0 Å². The lowest BCUT2D eigenvalue weighted by molar-refractivity contribution is -0.698. The fourth-order valence-electron chi connectivity index (χ4n) is 4.88. The van der Waals surface area contributed by atoms with E-state index in [1.807, 2.05) is 49.1 Å². The molecule has 6 nitrogen and oxygen atoms in total. The molecule has 0 aromatic carbocycles. The standard InChI is InChI=1S/C34H54N4O2/c1-3-5-7-9-11-15-23-35-33(39)31-19-27-37(28-20-31)25-17-13-14-18-26-38-29-21-32(22-30-38)34(40)36-24-16-12-10-8-6-4-2/h19-22,27-30H,3-18,23-26H2,1-2H3/p+2. The zero-order valence-corrected chi connectivity index (χ0v) is 25.5. The lowest BCUT2D eigenvalue weighted by Gasteiger charge is -2.05. The van der Waals surface area contributed by atoms with Crippen LogP contribution in [0.2, 0.25) is 0 Å². The van der Waals surface area contributed by atoms with Gasteiger partial charge in [0.2, 0.25) is 0 Å². The Labute approximate surface area is 244 Å². The van der Waals surface area contributed by atoms with Crippen LogP contribution in [0.25, 0.3) is 0 Å². The van der Waals surface area contributed by atoms with Crippen LogP contribution < -0.4 is 19.8 Å². The lowest BCUT2D eigenvalue weighted by Crippen LogP contribution is -2.34. The van der Waals surface area contributed by atoms with Crippen molar-refractivity contribution in [3.8, 4) is 0 Å². The van der Waals surface area contributed by atoms with Crippen molar-refractivity contribution in [1.82, 2.24) is 10.6 Å². The number of nitrogens with zero attached hydrogens (tertiary/aromatic N) is 2. The summed E-state index contributed by atoms with van der Waals surface area (Å²) in [4.78, 5) is 24.7. The number of pyridine rings is 2. The van der Waals surface area contributed by atoms with Gasteiger partial charge in [0.1, 0.15) is 13.1 Å². The Bertz CT molecular complexity index is 850. The van der Waals surface area contributed by atoms with Crippen LogP contribution in [-0.4, -0.2) is 24.9 Å². The van der Waals surface area contributed by atoms with E-state index in [9.17, 15) is 9.59 Å². The van der Waals surface area contributed by atoms with Crippen LogP contribution in [0.15, 0.2) is 49.1 Å². The van der Waals surface area contributed by atoms with Gasteiger partial charge in [-0.1, -0.05) is 78.1 Å². The van der Waals surface area contributed by atoms with Gasteiger partial charge in [0, 0.05) is 50.2 Å². The first kappa shape index (κ1) is 33.4. The van der Waals surface area contributed by atoms with E-state index in [0.717, 1.165) is 63.0 Å². The SMILES string of the molecule is CCCCCCCCNC(=O)c1cc[n+](CCCCCC[n+]2ccc(C(=O)NCCCCCCCC)cc2)cc1. The molecule has 2 rings (SSSR count). The maximum Gasteiger partial charge on any atom is 0.251 e. The average molecular weight is 553 g/mol. The molecule has 0 unspecified atom stereocenters. The van der Waals surface area contributed by atoms with Gasteiger partial charge in [0.15, 0.2) is 24.8 Å². The molecule has 222 valence electrons. The van der Waals surface area contributed by atoms with Gasteiger partial charge in [-0.2, -0.15) is 0 Å². The summed E-state index contributed by atoms with van der Waals surface area (Å²) in [7, 11) is 0. The molecule has 0 saturated carbocycles. The van der Waals surface area contributed by atoms with Gasteiger partial charge in [-0.05, 0) is 25.7 Å². The molecule has 2 N–H and O–H groups in total. The first-order valence-corrected chi connectivity index (χ1v) is 16.2. The topological polar surface area (TPSA) is 66.0 Å². The van der Waals surface area contributed by atoms with E-state index < -0.39 is 0 Å². The van der Waals surface area contributed by atoms with Gasteiger partial charge in [-0.15, -0.1) is 0 Å². The highest BCUT2D eigenvalue weighted by molar-refractivity contribution is 5.94. The molecule has 2 amide bonds. The summed E-state index contributed by atoms with van der Waals surface area (Å²) >= 11 is 0. The smallest absolute Gasteiger partial charge is 0.251 e. The van der Waals surface area contributed by atoms with E-state index in [-0.39, 0.29) is 11.8 Å². The van der Waals surface area contributed by atoms with Crippen molar-refractivity contribution in [3.63, 3.8) is 0 Å². The molecule has 0 bridgehead atoms. The second-order valence-electron chi connectivity index (χ2n) is 11.1. The number of carbonyl (C=O) groups is 2. The number of aromatic nitrogens is 2. The molecule has 0 aliphatic carbocycles. The van der Waals surface area contributed by atoms with Crippen molar-refractivity contribution in [2.75, 3.05) is 13.1 Å². The highest BCUT2D eigenvalue weighted by Crippen LogP contribution is 2.06. The van der Waals surface area contributed by atoms with E-state index >= 15 is 0 Å². The number of amides is 2. The van der Waals surface area contributed by atoms with Gasteiger partial charge in [0.05, 0.1) is 11.1 Å². The maximum atomic E-state index is 12.3. The summed E-state index contributed by atoms with van der Waals surface area (Å²) in [5.41, 5.74) is 1.47. The predicted molar refractivity (Wildman–Crippen MR) is 163 cm³/mol. The van der Waals surface area contributed by atoms with Gasteiger partial charge in [-0.3, -0.25) is 9.59 Å². The molecule has 2 heterocycles. The van der Waals surface area contributed by atoms with E-state index in [1.165, 1.54) is 77.0 Å². The summed E-state index contributed by atoms with van der Waals surface area (Å²) in [5, 5.41) is 6.09.